The maximum Gasteiger partial charge on any atom is 0.158 e. The second kappa shape index (κ2) is 7.55. The molecule has 2 aromatic rings. The lowest BCUT2D eigenvalue weighted by Gasteiger charge is -2.11. The number of aromatic nitrogens is 1. The van der Waals surface area contributed by atoms with Gasteiger partial charge in [0, 0.05) is 11.6 Å². The Hall–Kier alpha value is -0.200. The van der Waals surface area contributed by atoms with Crippen LogP contribution >= 0.6 is 46.8 Å². The van der Waals surface area contributed by atoms with Crippen molar-refractivity contribution in [2.75, 3.05) is 12.4 Å². The molecule has 0 aliphatic heterocycles. The summed E-state index contributed by atoms with van der Waals surface area (Å²) in [5, 5.41) is 1.66. The molecule has 0 spiro atoms. The van der Waals surface area contributed by atoms with Crippen molar-refractivity contribution in [2.24, 2.45) is 0 Å². The van der Waals surface area contributed by atoms with Crippen LogP contribution in [0.1, 0.15) is 19.3 Å². The number of rotatable bonds is 6. The standard InChI is InChI=1S/C14H15ClINOS/c15-11-9-12(16)14(18-7-2-1-3-8-19)13-10(11)5-4-6-17-13/h4-6,9,19H,1-3,7-8H2. The Morgan fingerprint density at radius 2 is 2.16 bits per heavy atom. The summed E-state index contributed by atoms with van der Waals surface area (Å²) in [7, 11) is 0. The highest BCUT2D eigenvalue weighted by molar-refractivity contribution is 14.1. The topological polar surface area (TPSA) is 22.1 Å². The maximum absolute atomic E-state index is 6.23. The van der Waals surface area contributed by atoms with Gasteiger partial charge in [-0.2, -0.15) is 12.6 Å². The fourth-order valence-corrected chi connectivity index (χ4v) is 3.24. The highest BCUT2D eigenvalue weighted by atomic mass is 127. The molecule has 0 atom stereocenters. The molecule has 0 fully saturated rings. The van der Waals surface area contributed by atoms with Crippen LogP contribution in [0.2, 0.25) is 5.02 Å². The van der Waals surface area contributed by atoms with Gasteiger partial charge in [-0.25, -0.2) is 0 Å². The fourth-order valence-electron chi connectivity index (χ4n) is 1.85. The predicted octanol–water partition coefficient (Wildman–Crippen LogP) is 4.97. The molecule has 0 saturated carbocycles. The number of nitrogens with zero attached hydrogens (tertiary/aromatic N) is 1. The van der Waals surface area contributed by atoms with Gasteiger partial charge in [-0.1, -0.05) is 11.6 Å². The summed E-state index contributed by atoms with van der Waals surface area (Å²) in [5.41, 5.74) is 0.841. The lowest BCUT2D eigenvalue weighted by molar-refractivity contribution is 0.307. The van der Waals surface area contributed by atoms with E-state index in [9.17, 15) is 0 Å². The highest BCUT2D eigenvalue weighted by Crippen LogP contribution is 2.34. The first-order valence-corrected chi connectivity index (χ1v) is 8.29. The second-order valence-electron chi connectivity index (χ2n) is 4.20. The number of hydrogen-bond acceptors (Lipinski definition) is 3. The maximum atomic E-state index is 6.23. The lowest BCUT2D eigenvalue weighted by atomic mass is 10.2. The number of thiol groups is 1. The summed E-state index contributed by atoms with van der Waals surface area (Å²) in [5.74, 6) is 1.77. The summed E-state index contributed by atoms with van der Waals surface area (Å²) in [6.07, 6.45) is 5.07. The molecule has 0 radical (unpaired) electrons. The Kier molecular flexibility index (Phi) is 6.04. The number of fused-ring (bicyclic) bond motifs is 1. The van der Waals surface area contributed by atoms with Crippen LogP contribution < -0.4 is 4.74 Å². The summed E-state index contributed by atoms with van der Waals surface area (Å²) >= 11 is 12.7. The molecular formula is C14H15ClINOS. The number of pyridine rings is 1. The lowest BCUT2D eigenvalue weighted by Crippen LogP contribution is -2.01. The van der Waals surface area contributed by atoms with E-state index >= 15 is 0 Å². The van der Waals surface area contributed by atoms with Gasteiger partial charge in [0.25, 0.3) is 0 Å². The van der Waals surface area contributed by atoms with Gasteiger partial charge < -0.3 is 4.74 Å². The van der Waals surface area contributed by atoms with Gasteiger partial charge in [0.05, 0.1) is 15.2 Å². The average Bonchev–Trinajstić information content (AvgIpc) is 2.42. The minimum absolute atomic E-state index is 0.705. The van der Waals surface area contributed by atoms with Crippen molar-refractivity contribution in [3.8, 4) is 5.75 Å². The highest BCUT2D eigenvalue weighted by Gasteiger charge is 2.11. The van der Waals surface area contributed by atoms with Gasteiger partial charge in [0.2, 0.25) is 0 Å². The molecule has 1 aromatic heterocycles. The van der Waals surface area contributed by atoms with Gasteiger partial charge in [0.1, 0.15) is 5.52 Å². The van der Waals surface area contributed by atoms with Crippen molar-refractivity contribution in [1.29, 1.82) is 0 Å². The van der Waals surface area contributed by atoms with Crippen LogP contribution in [-0.2, 0) is 0 Å². The molecule has 102 valence electrons. The van der Waals surface area contributed by atoms with Gasteiger partial charge in [0.15, 0.2) is 5.75 Å². The van der Waals surface area contributed by atoms with E-state index in [0.717, 1.165) is 50.3 Å². The smallest absolute Gasteiger partial charge is 0.158 e. The van der Waals surface area contributed by atoms with Crippen molar-refractivity contribution < 1.29 is 4.74 Å². The van der Waals surface area contributed by atoms with Crippen LogP contribution in [0.5, 0.6) is 5.75 Å². The van der Waals surface area contributed by atoms with Gasteiger partial charge in [-0.15, -0.1) is 0 Å². The molecule has 0 unspecified atom stereocenters. The van der Waals surface area contributed by atoms with E-state index in [1.165, 1.54) is 0 Å². The number of unbranched alkanes of at least 4 members (excludes halogenated alkanes) is 2. The minimum atomic E-state index is 0.705. The molecule has 0 aliphatic carbocycles. The summed E-state index contributed by atoms with van der Waals surface area (Å²) in [6, 6.07) is 5.78. The van der Waals surface area contributed by atoms with Crippen LogP contribution in [0.4, 0.5) is 0 Å². The van der Waals surface area contributed by atoms with Crippen molar-refractivity contribution in [3.05, 3.63) is 33.0 Å². The van der Waals surface area contributed by atoms with Crippen molar-refractivity contribution in [1.82, 2.24) is 4.98 Å². The molecule has 0 saturated heterocycles. The van der Waals surface area contributed by atoms with Gasteiger partial charge in [-0.05, 0) is 65.8 Å². The molecule has 0 bridgehead atoms. The van der Waals surface area contributed by atoms with E-state index in [0.29, 0.717) is 6.61 Å². The largest absolute Gasteiger partial charge is 0.490 e. The van der Waals surface area contributed by atoms with E-state index in [-0.39, 0.29) is 0 Å². The summed E-state index contributed by atoms with van der Waals surface area (Å²) in [6.45, 7) is 0.705. The third-order valence-corrected chi connectivity index (χ3v) is 4.23. The van der Waals surface area contributed by atoms with E-state index in [1.54, 1.807) is 6.20 Å². The number of ether oxygens (including phenoxy) is 1. The zero-order chi connectivity index (χ0) is 13.7. The monoisotopic (exact) mass is 407 g/mol. The van der Waals surface area contributed by atoms with E-state index in [1.807, 2.05) is 18.2 Å². The Morgan fingerprint density at radius 1 is 1.32 bits per heavy atom. The van der Waals surface area contributed by atoms with Crippen LogP contribution in [0.25, 0.3) is 10.9 Å². The summed E-state index contributed by atoms with van der Waals surface area (Å²) in [4.78, 5) is 4.39. The Labute approximate surface area is 137 Å². The Balaban J connectivity index is 2.18. The predicted molar refractivity (Wildman–Crippen MR) is 92.7 cm³/mol. The average molecular weight is 408 g/mol. The normalized spacial score (nSPS) is 10.9. The van der Waals surface area contributed by atoms with Crippen LogP contribution in [-0.4, -0.2) is 17.3 Å². The first kappa shape index (κ1) is 15.2. The molecule has 2 rings (SSSR count). The van der Waals surface area contributed by atoms with E-state index < -0.39 is 0 Å². The molecule has 0 aliphatic rings. The third-order valence-electron chi connectivity index (χ3n) is 2.80. The molecule has 1 heterocycles. The molecule has 0 N–H and O–H groups in total. The SMILES string of the molecule is SCCCCCOc1c(I)cc(Cl)c2cccnc12. The first-order chi connectivity index (χ1) is 9.24. The zero-order valence-electron chi connectivity index (χ0n) is 10.4. The van der Waals surface area contributed by atoms with E-state index in [4.69, 9.17) is 16.3 Å². The first-order valence-electron chi connectivity index (χ1n) is 6.20. The van der Waals surface area contributed by atoms with Crippen molar-refractivity contribution in [3.63, 3.8) is 0 Å². The Bertz CT molecular complexity index is 564. The molecule has 0 amide bonds. The molecule has 19 heavy (non-hydrogen) atoms. The van der Waals surface area contributed by atoms with Crippen molar-refractivity contribution >= 4 is 57.7 Å². The molecule has 2 nitrogen and oxygen atoms in total. The quantitative estimate of drug-likeness (QED) is 0.415. The molecule has 1 aromatic carbocycles. The van der Waals surface area contributed by atoms with Crippen LogP contribution in [0.15, 0.2) is 24.4 Å². The van der Waals surface area contributed by atoms with Crippen molar-refractivity contribution in [2.45, 2.75) is 19.3 Å². The third kappa shape index (κ3) is 3.89. The van der Waals surface area contributed by atoms with E-state index in [2.05, 4.69) is 40.2 Å². The molecular weight excluding hydrogens is 393 g/mol. The fraction of sp³-hybridized carbons (Fsp3) is 0.357. The van der Waals surface area contributed by atoms with Gasteiger partial charge in [-0.3, -0.25) is 4.98 Å². The number of halogens is 2. The number of hydrogen-bond donors (Lipinski definition) is 1. The minimum Gasteiger partial charge on any atom is -0.490 e. The second-order valence-corrected chi connectivity index (χ2v) is 6.22. The van der Waals surface area contributed by atoms with Crippen LogP contribution in [0, 0.1) is 3.57 Å². The zero-order valence-corrected chi connectivity index (χ0v) is 14.2. The van der Waals surface area contributed by atoms with Crippen LogP contribution in [0.3, 0.4) is 0 Å². The molecule has 5 heteroatoms. The number of benzene rings is 1. The Morgan fingerprint density at radius 3 is 2.95 bits per heavy atom. The van der Waals surface area contributed by atoms with Gasteiger partial charge >= 0.3 is 0 Å². The summed E-state index contributed by atoms with van der Waals surface area (Å²) < 4.78 is 6.90.